The number of hydrogen-bond donors (Lipinski definition) is 0. The van der Waals surface area contributed by atoms with E-state index in [0.717, 1.165) is 39.2 Å². The zero-order valence-corrected chi connectivity index (χ0v) is 22.8. The smallest absolute Gasteiger partial charge is 0.102 e. The van der Waals surface area contributed by atoms with Crippen molar-refractivity contribution in [3.05, 3.63) is 109 Å². The van der Waals surface area contributed by atoms with Crippen LogP contribution in [0.5, 0.6) is 0 Å². The van der Waals surface area contributed by atoms with Crippen molar-refractivity contribution in [3.8, 4) is 12.1 Å². The van der Waals surface area contributed by atoms with E-state index in [2.05, 4.69) is 32.1 Å². The molecule has 6 nitrogen and oxygen atoms in total. The number of nitriles is 2. The van der Waals surface area contributed by atoms with E-state index < -0.39 is 0 Å². The fourth-order valence-electron chi connectivity index (χ4n) is 3.35. The molecule has 0 saturated heterocycles. The van der Waals surface area contributed by atoms with Gasteiger partial charge >= 0.3 is 0 Å². The van der Waals surface area contributed by atoms with Crippen LogP contribution < -0.4 is 0 Å². The predicted octanol–water partition coefficient (Wildman–Crippen LogP) is 7.61. The van der Waals surface area contributed by atoms with Crippen LogP contribution >= 0.6 is 47.0 Å². The van der Waals surface area contributed by atoms with Gasteiger partial charge in [0.05, 0.1) is 11.1 Å². The molecule has 0 aliphatic rings. The van der Waals surface area contributed by atoms with Crippen LogP contribution in [0.25, 0.3) is 0 Å². The summed E-state index contributed by atoms with van der Waals surface area (Å²) in [6.07, 6.45) is 13.7. The molecule has 0 amide bonds. The van der Waals surface area contributed by atoms with Gasteiger partial charge in [0.25, 0.3) is 0 Å². The maximum absolute atomic E-state index is 10.6. The molecule has 4 aromatic heterocycles. The van der Waals surface area contributed by atoms with E-state index in [9.17, 15) is 10.5 Å². The molecule has 182 valence electrons. The Balaban J connectivity index is 1.79. The van der Waals surface area contributed by atoms with Gasteiger partial charge in [-0.05, 0) is 48.5 Å². The Hall–Kier alpha value is -3.80. The Bertz CT molecular complexity index is 1390. The molecule has 5 aromatic rings. The second kappa shape index (κ2) is 12.6. The molecule has 0 N–H and O–H groups in total. The number of pyridine rings is 4. The summed E-state index contributed by atoms with van der Waals surface area (Å²) >= 11 is 5.84. The number of aromatic nitrogens is 4. The lowest BCUT2D eigenvalue weighted by atomic mass is 10.1. The molecule has 0 aliphatic heterocycles. The van der Waals surface area contributed by atoms with Crippen LogP contribution in [0, 0.1) is 22.7 Å². The largest absolute Gasteiger partial charge is 0.265 e. The fourth-order valence-corrected chi connectivity index (χ4v) is 7.73. The average molecular weight is 565 g/mol. The quantitative estimate of drug-likeness (QED) is 0.187. The third-order valence-electron chi connectivity index (χ3n) is 5.02. The zero-order valence-electron chi connectivity index (χ0n) is 19.6. The Morgan fingerprint density at radius 2 is 0.605 bits per heavy atom. The van der Waals surface area contributed by atoms with Crippen LogP contribution in [0.3, 0.4) is 0 Å². The predicted molar refractivity (Wildman–Crippen MR) is 149 cm³/mol. The van der Waals surface area contributed by atoms with Crippen molar-refractivity contribution < 1.29 is 0 Å². The fraction of sp³-hybridized carbons (Fsp3) is 0. The lowest BCUT2D eigenvalue weighted by molar-refractivity contribution is 1.03. The van der Waals surface area contributed by atoms with Gasteiger partial charge in [-0.3, -0.25) is 19.9 Å². The van der Waals surface area contributed by atoms with Crippen molar-refractivity contribution in [2.75, 3.05) is 0 Å². The van der Waals surface area contributed by atoms with Crippen molar-refractivity contribution in [2.24, 2.45) is 0 Å². The van der Waals surface area contributed by atoms with Crippen molar-refractivity contribution >= 4 is 47.0 Å². The van der Waals surface area contributed by atoms with Gasteiger partial charge in [-0.25, -0.2) is 0 Å². The Morgan fingerprint density at radius 3 is 0.789 bits per heavy atom. The van der Waals surface area contributed by atoms with E-state index in [0.29, 0.717) is 11.1 Å². The molecule has 0 bridgehead atoms. The average Bonchev–Trinajstić information content (AvgIpc) is 2.97. The number of benzene rings is 1. The zero-order chi connectivity index (χ0) is 26.2. The van der Waals surface area contributed by atoms with Gasteiger partial charge in [-0.2, -0.15) is 10.5 Å². The molecule has 10 heteroatoms. The first-order chi connectivity index (χ1) is 18.8. The molecular formula is C28H16N6S4. The molecule has 1 aromatic carbocycles. The van der Waals surface area contributed by atoms with Crippen molar-refractivity contribution in [2.45, 2.75) is 39.2 Å². The van der Waals surface area contributed by atoms with Crippen LogP contribution in [0.1, 0.15) is 11.1 Å². The van der Waals surface area contributed by atoms with Gasteiger partial charge in [0.2, 0.25) is 0 Å². The molecular weight excluding hydrogens is 549 g/mol. The summed E-state index contributed by atoms with van der Waals surface area (Å²) in [5.74, 6) is 0. The number of nitrogens with zero attached hydrogens (tertiary/aromatic N) is 6. The third-order valence-corrected chi connectivity index (χ3v) is 9.76. The van der Waals surface area contributed by atoms with E-state index in [1.807, 2.05) is 48.5 Å². The Kier molecular flexibility index (Phi) is 8.59. The molecule has 0 aliphatic carbocycles. The number of hydrogen-bond acceptors (Lipinski definition) is 10. The van der Waals surface area contributed by atoms with E-state index in [1.54, 1.807) is 49.6 Å². The summed E-state index contributed by atoms with van der Waals surface area (Å²) in [4.78, 5) is 23.1. The SMILES string of the molecule is N#Cc1c(Sc2ccncc2)c(Sc2ccncc2)c(C#N)c(Sc2ccncc2)c1Sc1ccncc1. The second-order valence-corrected chi connectivity index (χ2v) is 11.8. The van der Waals surface area contributed by atoms with E-state index in [1.165, 1.54) is 47.0 Å². The first-order valence-corrected chi connectivity index (χ1v) is 14.4. The lowest BCUT2D eigenvalue weighted by Crippen LogP contribution is -1.99. The van der Waals surface area contributed by atoms with E-state index >= 15 is 0 Å². The standard InChI is InChI=1S/C28H16N6S4/c29-17-23-25(35-19-1-9-31-10-2-19)26(36-20-3-11-32-12-4-20)24(18-30)28(38-22-7-15-34-16-8-22)27(23)37-21-5-13-33-14-6-21/h1-16H. The van der Waals surface area contributed by atoms with Gasteiger partial charge in [-0.1, -0.05) is 47.0 Å². The normalized spacial score (nSPS) is 10.5. The first kappa shape index (κ1) is 25.8. The second-order valence-electron chi connectivity index (χ2n) is 7.43. The summed E-state index contributed by atoms with van der Waals surface area (Å²) in [6.45, 7) is 0. The summed E-state index contributed by atoms with van der Waals surface area (Å²) < 4.78 is 0. The van der Waals surface area contributed by atoms with Crippen molar-refractivity contribution in [1.82, 2.24) is 19.9 Å². The first-order valence-electron chi connectivity index (χ1n) is 11.1. The third kappa shape index (κ3) is 6.01. The van der Waals surface area contributed by atoms with Gasteiger partial charge in [-0.15, -0.1) is 0 Å². The minimum Gasteiger partial charge on any atom is -0.265 e. The molecule has 0 radical (unpaired) electrons. The highest BCUT2D eigenvalue weighted by molar-refractivity contribution is 8.03. The molecule has 0 saturated carbocycles. The van der Waals surface area contributed by atoms with E-state index in [4.69, 9.17) is 0 Å². The summed E-state index contributed by atoms with van der Waals surface area (Å²) in [5.41, 5.74) is 1.03. The summed E-state index contributed by atoms with van der Waals surface area (Å²) in [5, 5.41) is 21.2. The summed E-state index contributed by atoms with van der Waals surface area (Å²) in [6, 6.07) is 20.1. The van der Waals surface area contributed by atoms with Gasteiger partial charge < -0.3 is 0 Å². The van der Waals surface area contributed by atoms with Crippen molar-refractivity contribution in [3.63, 3.8) is 0 Å². The highest BCUT2D eigenvalue weighted by Crippen LogP contribution is 2.52. The van der Waals surface area contributed by atoms with Gasteiger partial charge in [0.15, 0.2) is 0 Å². The maximum atomic E-state index is 10.6. The van der Waals surface area contributed by atoms with Gasteiger partial charge in [0, 0.05) is 88.7 Å². The number of rotatable bonds is 8. The van der Waals surface area contributed by atoms with Crippen molar-refractivity contribution in [1.29, 1.82) is 10.5 Å². The minimum atomic E-state index is 0.515. The highest BCUT2D eigenvalue weighted by Gasteiger charge is 2.27. The molecule has 0 atom stereocenters. The molecule has 0 spiro atoms. The van der Waals surface area contributed by atoms with E-state index in [-0.39, 0.29) is 0 Å². The van der Waals surface area contributed by atoms with Crippen LogP contribution in [-0.2, 0) is 0 Å². The Labute approximate surface area is 237 Å². The molecule has 38 heavy (non-hydrogen) atoms. The molecule has 0 unspecified atom stereocenters. The summed E-state index contributed by atoms with van der Waals surface area (Å²) in [7, 11) is 0. The topological polar surface area (TPSA) is 99.1 Å². The van der Waals surface area contributed by atoms with Gasteiger partial charge in [0.1, 0.15) is 12.1 Å². The van der Waals surface area contributed by atoms with Crippen LogP contribution in [-0.4, -0.2) is 19.9 Å². The van der Waals surface area contributed by atoms with Crippen LogP contribution in [0.2, 0.25) is 0 Å². The highest BCUT2D eigenvalue weighted by atomic mass is 32.2. The minimum absolute atomic E-state index is 0.515. The molecule has 0 fully saturated rings. The Morgan fingerprint density at radius 1 is 0.395 bits per heavy atom. The molecule has 4 heterocycles. The lowest BCUT2D eigenvalue weighted by Gasteiger charge is -2.20. The monoisotopic (exact) mass is 564 g/mol. The van der Waals surface area contributed by atoms with Crippen LogP contribution in [0.4, 0.5) is 0 Å². The maximum Gasteiger partial charge on any atom is 0.102 e. The van der Waals surface area contributed by atoms with Crippen LogP contribution in [0.15, 0.2) is 137 Å². The molecule has 5 rings (SSSR count).